The predicted molar refractivity (Wildman–Crippen MR) is 144 cm³/mol. The second-order valence-electron chi connectivity index (χ2n) is 11.0. The lowest BCUT2D eigenvalue weighted by Crippen LogP contribution is -2.54. The number of amides is 2. The maximum absolute atomic E-state index is 13.4. The number of nitrogens with one attached hydrogen (secondary N) is 1. The van der Waals surface area contributed by atoms with E-state index >= 15 is 0 Å². The minimum absolute atomic E-state index is 0.000126. The Balaban J connectivity index is 1.67. The van der Waals surface area contributed by atoms with Crippen LogP contribution in [0, 0.1) is 11.8 Å². The molecule has 0 aromatic heterocycles. The fraction of sp³-hybridized carbons (Fsp3) is 0.643. The van der Waals surface area contributed by atoms with Crippen LogP contribution in [0.5, 0.6) is 0 Å². The molecule has 1 heterocycles. The molecule has 1 saturated carbocycles. The van der Waals surface area contributed by atoms with Crippen LogP contribution in [0.2, 0.25) is 0 Å². The Morgan fingerprint density at radius 2 is 1.73 bits per heavy atom. The van der Waals surface area contributed by atoms with Crippen molar-refractivity contribution >= 4 is 29.7 Å². The van der Waals surface area contributed by atoms with Crippen molar-refractivity contribution in [1.29, 1.82) is 0 Å². The number of rotatable bonds is 10. The van der Waals surface area contributed by atoms with Gasteiger partial charge in [-0.25, -0.2) is 0 Å². The monoisotopic (exact) mass is 539 g/mol. The summed E-state index contributed by atoms with van der Waals surface area (Å²) < 4.78 is 38.8. The zero-order chi connectivity index (χ0) is 27.2. The largest absolute Gasteiger partial charge is 0.416 e. The van der Waals surface area contributed by atoms with Crippen LogP contribution in [-0.4, -0.2) is 65.6 Å². The Hall–Kier alpha value is -2.00. The molecule has 0 spiro atoms. The minimum atomic E-state index is -4.40. The molecular formula is C28H40F3N3O2S. The number of nitrogens with zero attached hydrogens (tertiary/aromatic N) is 2. The number of carbonyl (C=O) groups excluding carboxylic acids is 2. The number of hydrogen-bond donors (Lipinski definition) is 1. The molecule has 0 bridgehead atoms. The van der Waals surface area contributed by atoms with Crippen LogP contribution in [0.25, 0.3) is 6.08 Å². The molecule has 2 unspecified atom stereocenters. The molecule has 0 radical (unpaired) electrons. The normalized spacial score (nSPS) is 21.7. The third-order valence-electron chi connectivity index (χ3n) is 6.66. The first-order valence-electron chi connectivity index (χ1n) is 13.3. The van der Waals surface area contributed by atoms with E-state index in [2.05, 4.69) is 37.9 Å². The highest BCUT2D eigenvalue weighted by Crippen LogP contribution is 2.42. The number of benzene rings is 1. The summed E-state index contributed by atoms with van der Waals surface area (Å²) in [5.41, 5.74) is -0.179. The van der Waals surface area contributed by atoms with Gasteiger partial charge >= 0.3 is 6.18 Å². The summed E-state index contributed by atoms with van der Waals surface area (Å²) in [5, 5.41) is 3.19. The third-order valence-corrected chi connectivity index (χ3v) is 8.06. The Bertz CT molecular complexity index is 937. The molecule has 9 heteroatoms. The van der Waals surface area contributed by atoms with Crippen LogP contribution in [0.15, 0.2) is 29.2 Å². The molecule has 206 valence electrons. The predicted octanol–water partition coefficient (Wildman–Crippen LogP) is 5.66. The molecule has 37 heavy (non-hydrogen) atoms. The summed E-state index contributed by atoms with van der Waals surface area (Å²) in [7, 11) is 0. The Morgan fingerprint density at radius 3 is 2.32 bits per heavy atom. The van der Waals surface area contributed by atoms with Crippen molar-refractivity contribution in [3.8, 4) is 0 Å². The smallest absolute Gasteiger partial charge is 0.353 e. The van der Waals surface area contributed by atoms with Crippen molar-refractivity contribution in [2.75, 3.05) is 32.7 Å². The Labute approximate surface area is 223 Å². The molecule has 1 aliphatic heterocycles. The van der Waals surface area contributed by atoms with Crippen molar-refractivity contribution in [2.24, 2.45) is 11.8 Å². The van der Waals surface area contributed by atoms with Gasteiger partial charge < -0.3 is 15.1 Å². The summed E-state index contributed by atoms with van der Waals surface area (Å²) in [5.74, 6) is 0.684. The van der Waals surface area contributed by atoms with Gasteiger partial charge in [0.25, 0.3) is 5.91 Å². The molecule has 1 N–H and O–H groups in total. The van der Waals surface area contributed by atoms with Crippen LogP contribution >= 0.6 is 11.8 Å². The van der Waals surface area contributed by atoms with E-state index in [4.69, 9.17) is 0 Å². The summed E-state index contributed by atoms with van der Waals surface area (Å²) in [6.07, 6.45) is 1.15. The average molecular weight is 540 g/mol. The van der Waals surface area contributed by atoms with Crippen molar-refractivity contribution in [2.45, 2.75) is 70.8 Å². The van der Waals surface area contributed by atoms with E-state index in [1.165, 1.54) is 23.9 Å². The van der Waals surface area contributed by atoms with E-state index in [9.17, 15) is 22.8 Å². The number of alkyl halides is 3. The van der Waals surface area contributed by atoms with Gasteiger partial charge in [0.15, 0.2) is 0 Å². The van der Waals surface area contributed by atoms with Gasteiger partial charge in [-0.05, 0) is 48.4 Å². The maximum Gasteiger partial charge on any atom is 0.416 e. The van der Waals surface area contributed by atoms with Crippen LogP contribution < -0.4 is 5.32 Å². The summed E-state index contributed by atoms with van der Waals surface area (Å²) in [6.45, 7) is 12.0. The molecule has 2 aliphatic rings. The molecule has 2 fully saturated rings. The fourth-order valence-corrected chi connectivity index (χ4v) is 6.61. The van der Waals surface area contributed by atoms with Gasteiger partial charge in [0, 0.05) is 37.5 Å². The topological polar surface area (TPSA) is 52.7 Å². The van der Waals surface area contributed by atoms with E-state index in [-0.39, 0.29) is 29.7 Å². The third kappa shape index (κ3) is 8.77. The minimum Gasteiger partial charge on any atom is -0.353 e. The van der Waals surface area contributed by atoms with E-state index < -0.39 is 11.7 Å². The van der Waals surface area contributed by atoms with E-state index in [0.717, 1.165) is 57.5 Å². The highest BCUT2D eigenvalue weighted by Gasteiger charge is 2.41. The average Bonchev–Trinajstić information content (AvgIpc) is 2.80. The van der Waals surface area contributed by atoms with Crippen molar-refractivity contribution in [3.05, 3.63) is 40.3 Å². The summed E-state index contributed by atoms with van der Waals surface area (Å²) in [4.78, 5) is 30.9. The SMILES string of the molecule is CC(C)CN(CCNC(=O)CN1C(=O)/C(=C/c2ccc(C(F)(F)F)cc2)SC2CCCCC21)CC(C)C. The lowest BCUT2D eigenvalue weighted by molar-refractivity contribution is -0.137. The molecule has 2 amide bonds. The van der Waals surface area contributed by atoms with E-state index in [0.29, 0.717) is 28.8 Å². The maximum atomic E-state index is 13.4. The van der Waals surface area contributed by atoms with Crippen LogP contribution in [0.1, 0.15) is 64.5 Å². The van der Waals surface area contributed by atoms with Crippen molar-refractivity contribution in [3.63, 3.8) is 0 Å². The zero-order valence-corrected chi connectivity index (χ0v) is 23.1. The highest BCUT2D eigenvalue weighted by molar-refractivity contribution is 8.04. The summed E-state index contributed by atoms with van der Waals surface area (Å²) >= 11 is 1.50. The van der Waals surface area contributed by atoms with E-state index in [1.807, 2.05) is 0 Å². The number of carbonyl (C=O) groups is 2. The fourth-order valence-electron chi connectivity index (χ4n) is 5.14. The van der Waals surface area contributed by atoms with Gasteiger partial charge in [-0.15, -0.1) is 11.8 Å². The second-order valence-corrected chi connectivity index (χ2v) is 12.2. The summed E-state index contributed by atoms with van der Waals surface area (Å²) in [6, 6.07) is 4.82. The van der Waals surface area contributed by atoms with E-state index in [1.54, 1.807) is 11.0 Å². The molecule has 1 aromatic rings. The van der Waals surface area contributed by atoms with Crippen LogP contribution in [0.4, 0.5) is 13.2 Å². The Kier molecular flexibility index (Phi) is 10.5. The first-order chi connectivity index (χ1) is 17.4. The van der Waals surface area contributed by atoms with Crippen LogP contribution in [0.3, 0.4) is 0 Å². The molecule has 1 saturated heterocycles. The number of thioether (sulfide) groups is 1. The van der Waals surface area contributed by atoms with Gasteiger partial charge in [-0.2, -0.15) is 13.2 Å². The quantitative estimate of drug-likeness (QED) is 0.390. The first-order valence-corrected chi connectivity index (χ1v) is 14.2. The van der Waals surface area contributed by atoms with Gasteiger partial charge in [0.1, 0.15) is 6.54 Å². The number of fused-ring (bicyclic) bond motifs is 1. The van der Waals surface area contributed by atoms with Gasteiger partial charge in [0.2, 0.25) is 5.91 Å². The van der Waals surface area contributed by atoms with Crippen molar-refractivity contribution in [1.82, 2.24) is 15.1 Å². The molecule has 5 nitrogen and oxygen atoms in total. The molecule has 3 rings (SSSR count). The number of halogens is 3. The van der Waals surface area contributed by atoms with Gasteiger partial charge in [-0.3, -0.25) is 9.59 Å². The Morgan fingerprint density at radius 1 is 1.11 bits per heavy atom. The lowest BCUT2D eigenvalue weighted by atomic mass is 9.93. The van der Waals surface area contributed by atoms with Crippen molar-refractivity contribution < 1.29 is 22.8 Å². The highest BCUT2D eigenvalue weighted by atomic mass is 32.2. The van der Waals surface area contributed by atoms with Crippen LogP contribution in [-0.2, 0) is 15.8 Å². The van der Waals surface area contributed by atoms with Gasteiger partial charge in [-0.1, -0.05) is 52.7 Å². The van der Waals surface area contributed by atoms with Gasteiger partial charge in [0.05, 0.1) is 10.5 Å². The number of hydrogen-bond acceptors (Lipinski definition) is 4. The zero-order valence-electron chi connectivity index (χ0n) is 22.3. The standard InChI is InChI=1S/C28H40F3N3O2S/c1-19(2)16-33(17-20(3)4)14-13-32-26(35)18-34-23-7-5-6-8-24(23)37-25(27(34)36)15-21-9-11-22(12-10-21)28(29,30)31/h9-12,15,19-20,23-24H,5-8,13-14,16-18H2,1-4H3,(H,32,35)/b25-15-. The molecule has 2 atom stereocenters. The molecule has 1 aromatic carbocycles. The molecule has 1 aliphatic carbocycles. The molecular weight excluding hydrogens is 499 g/mol. The lowest BCUT2D eigenvalue weighted by Gasteiger charge is -2.43. The first kappa shape index (κ1) is 29.6. The second kappa shape index (κ2) is 13.2.